The first kappa shape index (κ1) is 17.4. The van der Waals surface area contributed by atoms with Gasteiger partial charge in [0.25, 0.3) is 5.13 Å². The van der Waals surface area contributed by atoms with E-state index in [4.69, 9.17) is 11.6 Å². The molecule has 0 amide bonds. The molecule has 0 aliphatic heterocycles. The Kier molecular flexibility index (Phi) is 5.54. The van der Waals surface area contributed by atoms with E-state index in [9.17, 15) is 0 Å². The Hall–Kier alpha value is -1.42. The van der Waals surface area contributed by atoms with Crippen LogP contribution in [0.25, 0.3) is 5.69 Å². The molecule has 0 aliphatic carbocycles. The van der Waals surface area contributed by atoms with Crippen molar-refractivity contribution in [1.29, 1.82) is 0 Å². The lowest BCUT2D eigenvalue weighted by molar-refractivity contribution is 0.860. The summed E-state index contributed by atoms with van der Waals surface area (Å²) < 4.78 is 2.56. The second kappa shape index (κ2) is 7.64. The average Bonchev–Trinajstić information content (AvgIpc) is 3.15. The van der Waals surface area contributed by atoms with E-state index in [1.165, 1.54) is 11.3 Å². The van der Waals surface area contributed by atoms with Gasteiger partial charge in [-0.25, -0.2) is 4.68 Å². The first-order valence-corrected chi connectivity index (χ1v) is 9.62. The van der Waals surface area contributed by atoms with Crippen LogP contribution in [0.4, 0.5) is 10.8 Å². The Balaban J connectivity index is 1.86. The molecular weight excluding hydrogens is 384 g/mol. The standard InChI is InChI=1S/C14H13ClN6S3/c1-3-23-14-19-18-13(24-14)17-16-11-7-21(20-8(11)2)12-6-9(22)4-5-10(12)15/h4-7,22H,3H2,1-2H3. The Morgan fingerprint density at radius 2 is 2.17 bits per heavy atom. The highest BCUT2D eigenvalue weighted by atomic mass is 35.5. The molecule has 0 N–H and O–H groups in total. The maximum atomic E-state index is 6.23. The number of benzene rings is 1. The largest absolute Gasteiger partial charge is 0.252 e. The van der Waals surface area contributed by atoms with E-state index < -0.39 is 0 Å². The maximum Gasteiger partial charge on any atom is 0.252 e. The number of thioether (sulfide) groups is 1. The Labute approximate surface area is 157 Å². The molecule has 6 nitrogen and oxygen atoms in total. The number of halogens is 1. The molecule has 10 heteroatoms. The van der Waals surface area contributed by atoms with Crippen molar-refractivity contribution in [1.82, 2.24) is 20.0 Å². The van der Waals surface area contributed by atoms with Crippen molar-refractivity contribution in [3.05, 3.63) is 35.1 Å². The predicted molar refractivity (Wildman–Crippen MR) is 101 cm³/mol. The molecule has 24 heavy (non-hydrogen) atoms. The van der Waals surface area contributed by atoms with Gasteiger partial charge in [0.05, 0.1) is 22.6 Å². The minimum Gasteiger partial charge on any atom is -0.237 e. The molecule has 0 atom stereocenters. The highest BCUT2D eigenvalue weighted by Crippen LogP contribution is 2.30. The summed E-state index contributed by atoms with van der Waals surface area (Å²) >= 11 is 13.6. The van der Waals surface area contributed by atoms with Crippen LogP contribution < -0.4 is 0 Å². The van der Waals surface area contributed by atoms with Crippen LogP contribution in [-0.2, 0) is 0 Å². The topological polar surface area (TPSA) is 68.3 Å². The highest BCUT2D eigenvalue weighted by molar-refractivity contribution is 8.01. The van der Waals surface area contributed by atoms with Gasteiger partial charge in [-0.3, -0.25) is 0 Å². The highest BCUT2D eigenvalue weighted by Gasteiger charge is 2.10. The average molecular weight is 397 g/mol. The van der Waals surface area contributed by atoms with E-state index >= 15 is 0 Å². The lowest BCUT2D eigenvalue weighted by atomic mass is 10.3. The van der Waals surface area contributed by atoms with Gasteiger partial charge < -0.3 is 0 Å². The van der Waals surface area contributed by atoms with Gasteiger partial charge in [0.2, 0.25) is 0 Å². The number of nitrogens with zero attached hydrogens (tertiary/aromatic N) is 6. The zero-order chi connectivity index (χ0) is 17.1. The number of aromatic nitrogens is 4. The van der Waals surface area contributed by atoms with Crippen LogP contribution in [0.15, 0.2) is 43.9 Å². The van der Waals surface area contributed by atoms with Gasteiger partial charge in [-0.2, -0.15) is 5.10 Å². The summed E-state index contributed by atoms with van der Waals surface area (Å²) in [5, 5.41) is 22.0. The second-order valence-electron chi connectivity index (χ2n) is 4.66. The molecule has 0 unspecified atom stereocenters. The van der Waals surface area contributed by atoms with Crippen LogP contribution in [0.1, 0.15) is 12.6 Å². The van der Waals surface area contributed by atoms with Crippen LogP contribution in [0.3, 0.4) is 0 Å². The fourth-order valence-corrected chi connectivity index (χ4v) is 3.83. The van der Waals surface area contributed by atoms with Gasteiger partial charge >= 0.3 is 0 Å². The molecule has 0 spiro atoms. The molecule has 1 aromatic carbocycles. The first-order valence-electron chi connectivity index (χ1n) is 7.00. The van der Waals surface area contributed by atoms with Crippen molar-refractivity contribution in [2.75, 3.05) is 5.75 Å². The summed E-state index contributed by atoms with van der Waals surface area (Å²) in [5.74, 6) is 0.947. The van der Waals surface area contributed by atoms with E-state index in [0.717, 1.165) is 26.4 Å². The van der Waals surface area contributed by atoms with Crippen LogP contribution in [0, 0.1) is 6.92 Å². The number of azo groups is 1. The van der Waals surface area contributed by atoms with Crippen LogP contribution in [-0.4, -0.2) is 25.7 Å². The quantitative estimate of drug-likeness (QED) is 0.351. The first-order chi connectivity index (χ1) is 11.6. The molecule has 0 fully saturated rings. The third kappa shape index (κ3) is 3.97. The van der Waals surface area contributed by atoms with Crippen molar-refractivity contribution in [3.63, 3.8) is 0 Å². The Bertz CT molecular complexity index is 889. The smallest absolute Gasteiger partial charge is 0.237 e. The molecule has 2 aromatic heterocycles. The van der Waals surface area contributed by atoms with Crippen molar-refractivity contribution in [3.8, 4) is 5.69 Å². The summed E-state index contributed by atoms with van der Waals surface area (Å²) in [4.78, 5) is 0.806. The molecule has 0 saturated carbocycles. The number of aryl methyl sites for hydroxylation is 1. The van der Waals surface area contributed by atoms with E-state index in [1.54, 1.807) is 28.7 Å². The van der Waals surface area contributed by atoms with Crippen molar-refractivity contribution < 1.29 is 0 Å². The third-order valence-electron chi connectivity index (χ3n) is 2.96. The minimum atomic E-state index is 0.522. The molecule has 3 aromatic rings. The fourth-order valence-electron chi connectivity index (χ4n) is 1.87. The molecule has 3 rings (SSSR count). The van der Waals surface area contributed by atoms with Crippen molar-refractivity contribution >= 4 is 58.1 Å². The zero-order valence-electron chi connectivity index (χ0n) is 12.8. The van der Waals surface area contributed by atoms with Gasteiger partial charge in [-0.15, -0.1) is 33.1 Å². The second-order valence-corrected chi connectivity index (χ2v) is 8.05. The predicted octanol–water partition coefficient (Wildman–Crippen LogP) is 5.50. The van der Waals surface area contributed by atoms with Gasteiger partial charge in [0.1, 0.15) is 5.69 Å². The Morgan fingerprint density at radius 1 is 1.33 bits per heavy atom. The van der Waals surface area contributed by atoms with Crippen molar-refractivity contribution in [2.45, 2.75) is 23.1 Å². The van der Waals surface area contributed by atoms with Crippen LogP contribution >= 0.6 is 47.3 Å². The lowest BCUT2D eigenvalue weighted by Gasteiger charge is -2.04. The number of thiol groups is 1. The summed E-state index contributed by atoms with van der Waals surface area (Å²) in [6.07, 6.45) is 1.77. The van der Waals surface area contributed by atoms with E-state index in [2.05, 4.69) is 45.1 Å². The molecule has 0 radical (unpaired) electrons. The molecule has 0 bridgehead atoms. The summed E-state index contributed by atoms with van der Waals surface area (Å²) in [6, 6.07) is 5.46. The fraction of sp³-hybridized carbons (Fsp3) is 0.214. The van der Waals surface area contributed by atoms with E-state index in [1.807, 2.05) is 19.1 Å². The summed E-state index contributed by atoms with van der Waals surface area (Å²) in [7, 11) is 0. The van der Waals surface area contributed by atoms with Gasteiger partial charge in [0, 0.05) is 4.90 Å². The zero-order valence-corrected chi connectivity index (χ0v) is 16.1. The normalized spacial score (nSPS) is 11.5. The monoisotopic (exact) mass is 396 g/mol. The van der Waals surface area contributed by atoms with Gasteiger partial charge in [0.15, 0.2) is 4.34 Å². The van der Waals surface area contributed by atoms with Crippen LogP contribution in [0.5, 0.6) is 0 Å². The summed E-state index contributed by atoms with van der Waals surface area (Å²) in [6.45, 7) is 3.93. The number of hydrogen-bond donors (Lipinski definition) is 1. The maximum absolute atomic E-state index is 6.23. The number of hydrogen-bond acceptors (Lipinski definition) is 8. The number of rotatable bonds is 5. The molecule has 0 saturated heterocycles. The van der Waals surface area contributed by atoms with Gasteiger partial charge in [-0.1, -0.05) is 41.6 Å². The molecule has 0 aliphatic rings. The SMILES string of the molecule is CCSc1nnc(N=Nc2cn(-c3cc(S)ccc3Cl)nc2C)s1. The van der Waals surface area contributed by atoms with Gasteiger partial charge in [-0.05, 0) is 30.9 Å². The third-order valence-corrected chi connectivity index (χ3v) is 5.38. The van der Waals surface area contributed by atoms with Crippen molar-refractivity contribution in [2.24, 2.45) is 10.2 Å². The van der Waals surface area contributed by atoms with Crippen LogP contribution in [0.2, 0.25) is 5.02 Å². The van der Waals surface area contributed by atoms with E-state index in [0.29, 0.717) is 15.8 Å². The molecular formula is C14H13ClN6S3. The lowest BCUT2D eigenvalue weighted by Crippen LogP contribution is -1.95. The Morgan fingerprint density at radius 3 is 2.96 bits per heavy atom. The summed E-state index contributed by atoms with van der Waals surface area (Å²) in [5.41, 5.74) is 2.13. The minimum absolute atomic E-state index is 0.522. The molecule has 2 heterocycles. The molecule has 124 valence electrons. The van der Waals surface area contributed by atoms with E-state index in [-0.39, 0.29) is 0 Å².